The first-order valence-electron chi connectivity index (χ1n) is 7.39. The van der Waals surface area contributed by atoms with E-state index in [2.05, 4.69) is 21.2 Å². The molecule has 1 aromatic carbocycles. The molecule has 0 bridgehead atoms. The van der Waals surface area contributed by atoms with Crippen molar-refractivity contribution in [3.63, 3.8) is 0 Å². The van der Waals surface area contributed by atoms with Gasteiger partial charge in [0.25, 0.3) is 5.91 Å². The number of nitrogens with one attached hydrogen (secondary N) is 1. The summed E-state index contributed by atoms with van der Waals surface area (Å²) in [5.41, 5.74) is 0.0347. The summed E-state index contributed by atoms with van der Waals surface area (Å²) in [6.45, 7) is 6.51. The molecule has 0 aliphatic carbocycles. The first kappa shape index (κ1) is 18.1. The quantitative estimate of drug-likeness (QED) is 0.816. The molecule has 0 saturated carbocycles. The van der Waals surface area contributed by atoms with Gasteiger partial charge in [-0.15, -0.1) is 0 Å². The molecule has 0 aromatic heterocycles. The zero-order valence-corrected chi connectivity index (χ0v) is 15.7. The Balaban J connectivity index is 1.93. The van der Waals surface area contributed by atoms with Gasteiger partial charge in [0.15, 0.2) is 0 Å². The second kappa shape index (κ2) is 7.09. The van der Waals surface area contributed by atoms with Crippen LogP contribution >= 0.6 is 27.5 Å². The number of ether oxygens (including phenoxy) is 1. The van der Waals surface area contributed by atoms with Crippen LogP contribution in [0.4, 0.5) is 4.79 Å². The van der Waals surface area contributed by atoms with Gasteiger partial charge >= 0.3 is 6.09 Å². The van der Waals surface area contributed by atoms with E-state index in [4.69, 9.17) is 16.3 Å². The van der Waals surface area contributed by atoms with Gasteiger partial charge in [0, 0.05) is 23.1 Å². The van der Waals surface area contributed by atoms with Gasteiger partial charge in [-0.3, -0.25) is 4.79 Å². The molecule has 126 valence electrons. The molecule has 5 nitrogen and oxygen atoms in total. The molecule has 1 aliphatic heterocycles. The number of hydrogen-bond acceptors (Lipinski definition) is 3. The minimum Gasteiger partial charge on any atom is -0.444 e. The van der Waals surface area contributed by atoms with Gasteiger partial charge in [0.2, 0.25) is 0 Å². The minimum absolute atomic E-state index is 0.0733. The second-order valence-electron chi connectivity index (χ2n) is 6.51. The van der Waals surface area contributed by atoms with Gasteiger partial charge in [-0.2, -0.15) is 0 Å². The topological polar surface area (TPSA) is 58.6 Å². The zero-order chi connectivity index (χ0) is 17.2. The standard InChI is InChI=1S/C16H20BrClN2O3/c1-16(2,3)23-15(22)19-11-6-7-20(9-11)14(21)10-4-5-13(18)12(17)8-10/h4-5,8,11H,6-7,9H2,1-3H3,(H,19,22)/t11-/m0/s1. The first-order valence-corrected chi connectivity index (χ1v) is 8.56. The average molecular weight is 404 g/mol. The van der Waals surface area contributed by atoms with Crippen molar-refractivity contribution in [2.75, 3.05) is 13.1 Å². The summed E-state index contributed by atoms with van der Waals surface area (Å²) in [6, 6.07) is 5.00. The number of alkyl carbamates (subject to hydrolysis) is 1. The molecule has 1 N–H and O–H groups in total. The number of hydrogen-bond donors (Lipinski definition) is 1. The fraction of sp³-hybridized carbons (Fsp3) is 0.500. The van der Waals surface area contributed by atoms with Crippen LogP contribution in [0.3, 0.4) is 0 Å². The number of halogens is 2. The normalized spacial score (nSPS) is 18.0. The second-order valence-corrected chi connectivity index (χ2v) is 7.77. The summed E-state index contributed by atoms with van der Waals surface area (Å²) >= 11 is 9.26. The number of nitrogens with zero attached hydrogens (tertiary/aromatic N) is 1. The summed E-state index contributed by atoms with van der Waals surface area (Å²) in [5.74, 6) is -0.0733. The van der Waals surface area contributed by atoms with E-state index in [1.54, 1.807) is 23.1 Å². The smallest absolute Gasteiger partial charge is 0.407 e. The fourth-order valence-electron chi connectivity index (χ4n) is 2.35. The van der Waals surface area contributed by atoms with Gasteiger partial charge in [-0.25, -0.2) is 4.79 Å². The summed E-state index contributed by atoms with van der Waals surface area (Å²) in [5, 5.41) is 3.37. The molecule has 1 aromatic rings. The van der Waals surface area contributed by atoms with Gasteiger partial charge in [0.05, 0.1) is 11.1 Å². The molecule has 23 heavy (non-hydrogen) atoms. The highest BCUT2D eigenvalue weighted by Crippen LogP contribution is 2.24. The highest BCUT2D eigenvalue weighted by molar-refractivity contribution is 9.10. The van der Waals surface area contributed by atoms with Crippen molar-refractivity contribution >= 4 is 39.5 Å². The van der Waals surface area contributed by atoms with Gasteiger partial charge < -0.3 is 15.0 Å². The highest BCUT2D eigenvalue weighted by Gasteiger charge is 2.29. The van der Waals surface area contributed by atoms with Crippen molar-refractivity contribution in [2.24, 2.45) is 0 Å². The number of amides is 2. The van der Waals surface area contributed by atoms with Crippen molar-refractivity contribution < 1.29 is 14.3 Å². The summed E-state index contributed by atoms with van der Waals surface area (Å²) < 4.78 is 5.92. The monoisotopic (exact) mass is 402 g/mol. The molecule has 7 heteroatoms. The predicted octanol–water partition coefficient (Wildman–Crippen LogP) is 3.84. The molecule has 2 amide bonds. The van der Waals surface area contributed by atoms with Crippen LogP contribution in [0.25, 0.3) is 0 Å². The molecule has 0 spiro atoms. The van der Waals surface area contributed by atoms with Crippen LogP contribution in [0.1, 0.15) is 37.6 Å². The molecule has 1 fully saturated rings. The van der Waals surface area contributed by atoms with Crippen molar-refractivity contribution in [2.45, 2.75) is 38.8 Å². The first-order chi connectivity index (χ1) is 10.7. The van der Waals surface area contributed by atoms with Crippen molar-refractivity contribution in [3.05, 3.63) is 33.3 Å². The lowest BCUT2D eigenvalue weighted by Gasteiger charge is -2.22. The van der Waals surface area contributed by atoms with E-state index < -0.39 is 11.7 Å². The maximum Gasteiger partial charge on any atom is 0.407 e. The lowest BCUT2D eigenvalue weighted by molar-refractivity contribution is 0.0502. The molecule has 1 saturated heterocycles. The van der Waals surface area contributed by atoms with Gasteiger partial charge in [-0.05, 0) is 61.3 Å². The zero-order valence-electron chi connectivity index (χ0n) is 13.4. The third kappa shape index (κ3) is 5.11. The van der Waals surface area contributed by atoms with E-state index in [1.165, 1.54) is 0 Å². The van der Waals surface area contributed by atoms with Crippen LogP contribution in [-0.2, 0) is 4.74 Å². The van der Waals surface area contributed by atoms with Crippen molar-refractivity contribution in [3.8, 4) is 0 Å². The van der Waals surface area contributed by atoms with E-state index in [-0.39, 0.29) is 11.9 Å². The SMILES string of the molecule is CC(C)(C)OC(=O)N[C@H]1CCN(C(=O)c2ccc(Cl)c(Br)c2)C1. The van der Waals surface area contributed by atoms with Crippen molar-refractivity contribution in [1.29, 1.82) is 0 Å². The molecule has 1 heterocycles. The fourth-order valence-corrected chi connectivity index (χ4v) is 2.84. The molecule has 0 radical (unpaired) electrons. The molecule has 2 rings (SSSR count). The number of benzene rings is 1. The molecular weight excluding hydrogens is 384 g/mol. The highest BCUT2D eigenvalue weighted by atomic mass is 79.9. The van der Waals surface area contributed by atoms with Crippen LogP contribution in [0.5, 0.6) is 0 Å². The lowest BCUT2D eigenvalue weighted by Crippen LogP contribution is -2.41. The molecule has 0 unspecified atom stereocenters. The van der Waals surface area contributed by atoms with Crippen LogP contribution in [0.15, 0.2) is 22.7 Å². The Hall–Kier alpha value is -1.27. The van der Waals surface area contributed by atoms with Crippen LogP contribution in [-0.4, -0.2) is 41.6 Å². The minimum atomic E-state index is -0.534. The lowest BCUT2D eigenvalue weighted by atomic mass is 10.2. The van der Waals surface area contributed by atoms with Crippen molar-refractivity contribution in [1.82, 2.24) is 10.2 Å². The number of carbonyl (C=O) groups is 2. The Labute approximate surface area is 149 Å². The Kier molecular flexibility index (Phi) is 5.57. The maximum absolute atomic E-state index is 12.5. The van der Waals surface area contributed by atoms with E-state index in [9.17, 15) is 9.59 Å². The number of likely N-dealkylation sites (tertiary alicyclic amines) is 1. The summed E-state index contributed by atoms with van der Waals surface area (Å²) in [6.07, 6.45) is 0.255. The predicted molar refractivity (Wildman–Crippen MR) is 92.8 cm³/mol. The van der Waals surface area contributed by atoms with E-state index in [1.807, 2.05) is 20.8 Å². The summed E-state index contributed by atoms with van der Waals surface area (Å²) in [4.78, 5) is 26.0. The van der Waals surface area contributed by atoms with Crippen LogP contribution < -0.4 is 5.32 Å². The average Bonchev–Trinajstić information content (AvgIpc) is 2.87. The number of carbonyl (C=O) groups excluding carboxylic acids is 2. The van der Waals surface area contributed by atoms with Crippen LogP contribution in [0, 0.1) is 0 Å². The molecular formula is C16H20BrClN2O3. The summed E-state index contributed by atoms with van der Waals surface area (Å²) in [7, 11) is 0. The Bertz CT molecular complexity index is 616. The van der Waals surface area contributed by atoms with E-state index >= 15 is 0 Å². The third-order valence-electron chi connectivity index (χ3n) is 3.36. The Morgan fingerprint density at radius 1 is 1.39 bits per heavy atom. The molecule has 1 aliphatic rings. The maximum atomic E-state index is 12.5. The van der Waals surface area contributed by atoms with E-state index in [0.29, 0.717) is 34.6 Å². The molecule has 1 atom stereocenters. The Morgan fingerprint density at radius 3 is 2.70 bits per heavy atom. The third-order valence-corrected chi connectivity index (χ3v) is 4.58. The van der Waals surface area contributed by atoms with E-state index in [0.717, 1.165) is 0 Å². The van der Waals surface area contributed by atoms with Crippen LogP contribution in [0.2, 0.25) is 5.02 Å². The largest absolute Gasteiger partial charge is 0.444 e. The Morgan fingerprint density at radius 2 is 2.09 bits per heavy atom. The van der Waals surface area contributed by atoms with Gasteiger partial charge in [-0.1, -0.05) is 11.6 Å². The van der Waals surface area contributed by atoms with Gasteiger partial charge in [0.1, 0.15) is 5.60 Å². The number of rotatable bonds is 2.